The zero-order valence-electron chi connectivity index (χ0n) is 33.6. The SMILES string of the molecule is CC1(C)c2ccccc2-c2ccc(N(c3ccc4c(c3)C(C)(C)c3cc(-c5ccccc5)cc5c3N4c3c(ccc4ccccc34)O5)c3ccc4ccccc4c3)cc21. The van der Waals surface area contributed by atoms with E-state index in [9.17, 15) is 0 Å². The third-order valence-corrected chi connectivity index (χ3v) is 13.4. The molecule has 2 heterocycles. The van der Waals surface area contributed by atoms with Gasteiger partial charge < -0.3 is 14.5 Å². The lowest BCUT2D eigenvalue weighted by atomic mass is 9.72. The third kappa shape index (κ3) is 4.88. The molecular weight excluding hydrogens is 717 g/mol. The second-order valence-corrected chi connectivity index (χ2v) is 17.4. The van der Waals surface area contributed by atoms with E-state index in [0.717, 1.165) is 45.5 Å². The maximum absolute atomic E-state index is 6.94. The standard InChI is InChI=1S/C56H42N2O/c1-55(2)46-21-13-12-20-44(46)45-27-25-41(33-47(45)55)57(40-24-22-36-16-8-9-18-38(36)30-40)42-26-28-50-48(34-42)56(3,4)49-31-39(35-14-6-5-7-15-35)32-52-54(49)58(50)53-43-19-11-10-17-37(43)23-29-51(53)59-52/h5-34H,1-4H3. The first-order valence-electron chi connectivity index (χ1n) is 20.7. The Bertz CT molecular complexity index is 3210. The molecule has 0 amide bonds. The predicted octanol–water partition coefficient (Wildman–Crippen LogP) is 15.7. The molecule has 59 heavy (non-hydrogen) atoms. The summed E-state index contributed by atoms with van der Waals surface area (Å²) in [6, 6.07) is 66.9. The summed E-state index contributed by atoms with van der Waals surface area (Å²) in [4.78, 5) is 4.95. The van der Waals surface area contributed by atoms with E-state index in [1.807, 2.05) is 0 Å². The summed E-state index contributed by atoms with van der Waals surface area (Å²) in [5.74, 6) is 1.74. The molecule has 3 nitrogen and oxygen atoms in total. The maximum atomic E-state index is 6.94. The van der Waals surface area contributed by atoms with Crippen LogP contribution in [0, 0.1) is 0 Å². The van der Waals surface area contributed by atoms with Gasteiger partial charge in [0.05, 0.1) is 17.1 Å². The number of fused-ring (bicyclic) bond motifs is 10. The molecule has 3 heteroatoms. The predicted molar refractivity (Wildman–Crippen MR) is 246 cm³/mol. The van der Waals surface area contributed by atoms with E-state index >= 15 is 0 Å². The average molecular weight is 759 g/mol. The zero-order chi connectivity index (χ0) is 39.6. The summed E-state index contributed by atoms with van der Waals surface area (Å²) < 4.78 is 6.94. The summed E-state index contributed by atoms with van der Waals surface area (Å²) >= 11 is 0. The molecule has 282 valence electrons. The summed E-state index contributed by atoms with van der Waals surface area (Å²) in [5, 5.41) is 4.80. The minimum absolute atomic E-state index is 0.126. The topological polar surface area (TPSA) is 15.7 Å². The van der Waals surface area contributed by atoms with Crippen molar-refractivity contribution in [2.45, 2.75) is 38.5 Å². The van der Waals surface area contributed by atoms with E-state index in [1.54, 1.807) is 0 Å². The number of ether oxygens (including phenoxy) is 1. The quantitative estimate of drug-likeness (QED) is 0.178. The maximum Gasteiger partial charge on any atom is 0.152 e. The molecular formula is C56H42N2O. The third-order valence-electron chi connectivity index (χ3n) is 13.4. The number of hydrogen-bond acceptors (Lipinski definition) is 3. The van der Waals surface area contributed by atoms with Crippen molar-refractivity contribution < 1.29 is 4.74 Å². The minimum Gasteiger partial charge on any atom is -0.453 e. The molecule has 0 fully saturated rings. The van der Waals surface area contributed by atoms with Gasteiger partial charge >= 0.3 is 0 Å². The molecule has 0 saturated carbocycles. The fourth-order valence-electron chi connectivity index (χ4n) is 10.3. The highest BCUT2D eigenvalue weighted by atomic mass is 16.5. The van der Waals surface area contributed by atoms with Crippen LogP contribution in [0.2, 0.25) is 0 Å². The number of anilines is 6. The summed E-state index contributed by atoms with van der Waals surface area (Å²) in [6.45, 7) is 9.49. The molecule has 9 aromatic rings. The Kier molecular flexibility index (Phi) is 7.03. The molecule has 12 rings (SSSR count). The molecule has 3 aliphatic rings. The first-order valence-corrected chi connectivity index (χ1v) is 20.7. The van der Waals surface area contributed by atoms with Gasteiger partial charge in [0.25, 0.3) is 0 Å². The van der Waals surface area contributed by atoms with Gasteiger partial charge in [-0.15, -0.1) is 0 Å². The van der Waals surface area contributed by atoms with Crippen LogP contribution in [0.4, 0.5) is 34.1 Å². The Morgan fingerprint density at radius 3 is 1.88 bits per heavy atom. The van der Waals surface area contributed by atoms with E-state index in [-0.39, 0.29) is 10.8 Å². The van der Waals surface area contributed by atoms with Crippen molar-refractivity contribution in [2.24, 2.45) is 0 Å². The van der Waals surface area contributed by atoms with Crippen LogP contribution in [0.3, 0.4) is 0 Å². The first kappa shape index (κ1) is 34.0. The normalized spacial score (nSPS) is 14.8. The molecule has 1 aliphatic carbocycles. The smallest absolute Gasteiger partial charge is 0.152 e. The van der Waals surface area contributed by atoms with Gasteiger partial charge in [0.1, 0.15) is 0 Å². The van der Waals surface area contributed by atoms with Gasteiger partial charge in [0, 0.05) is 33.3 Å². The molecule has 9 aromatic carbocycles. The van der Waals surface area contributed by atoms with Crippen molar-refractivity contribution in [2.75, 3.05) is 9.80 Å². The lowest BCUT2D eigenvalue weighted by Gasteiger charge is -2.46. The lowest BCUT2D eigenvalue weighted by molar-refractivity contribution is 0.472. The van der Waals surface area contributed by atoms with E-state index in [1.165, 1.54) is 66.2 Å². The van der Waals surface area contributed by atoms with Gasteiger partial charge in [-0.3, -0.25) is 0 Å². The van der Waals surface area contributed by atoms with Crippen LogP contribution < -0.4 is 14.5 Å². The number of nitrogens with zero attached hydrogens (tertiary/aromatic N) is 2. The molecule has 0 spiro atoms. The van der Waals surface area contributed by atoms with E-state index in [4.69, 9.17) is 4.74 Å². The number of rotatable bonds is 4. The largest absolute Gasteiger partial charge is 0.453 e. The Hall–Kier alpha value is -7.10. The van der Waals surface area contributed by atoms with Gasteiger partial charge in [-0.2, -0.15) is 0 Å². The molecule has 2 aliphatic heterocycles. The summed E-state index contributed by atoms with van der Waals surface area (Å²) in [6.07, 6.45) is 0. The van der Waals surface area contributed by atoms with Crippen LogP contribution in [-0.2, 0) is 10.8 Å². The Labute approximate surface area is 345 Å². The van der Waals surface area contributed by atoms with Gasteiger partial charge in [0.2, 0.25) is 0 Å². The summed E-state index contributed by atoms with van der Waals surface area (Å²) in [7, 11) is 0. The minimum atomic E-state index is -0.376. The van der Waals surface area contributed by atoms with Gasteiger partial charge in [0.15, 0.2) is 11.5 Å². The summed E-state index contributed by atoms with van der Waals surface area (Å²) in [5.41, 5.74) is 16.5. The van der Waals surface area contributed by atoms with Crippen molar-refractivity contribution in [1.29, 1.82) is 0 Å². The van der Waals surface area contributed by atoms with Crippen molar-refractivity contribution in [3.63, 3.8) is 0 Å². The fraction of sp³-hybridized carbons (Fsp3) is 0.107. The molecule has 0 aromatic heterocycles. The average Bonchev–Trinajstić information content (AvgIpc) is 3.50. The number of benzene rings is 9. The molecule has 0 unspecified atom stereocenters. The molecule has 0 radical (unpaired) electrons. The fourth-order valence-corrected chi connectivity index (χ4v) is 10.3. The van der Waals surface area contributed by atoms with E-state index in [2.05, 4.69) is 219 Å². The van der Waals surface area contributed by atoms with Crippen molar-refractivity contribution in [1.82, 2.24) is 0 Å². The van der Waals surface area contributed by atoms with Crippen LogP contribution in [-0.4, -0.2) is 0 Å². The first-order chi connectivity index (χ1) is 28.8. The van der Waals surface area contributed by atoms with Gasteiger partial charge in [-0.1, -0.05) is 149 Å². The Balaban J connectivity index is 1.11. The van der Waals surface area contributed by atoms with E-state index in [0.29, 0.717) is 0 Å². The van der Waals surface area contributed by atoms with Crippen molar-refractivity contribution in [3.8, 4) is 33.8 Å². The van der Waals surface area contributed by atoms with Crippen molar-refractivity contribution >= 4 is 55.7 Å². The van der Waals surface area contributed by atoms with Crippen LogP contribution in [0.5, 0.6) is 11.5 Å². The zero-order valence-corrected chi connectivity index (χ0v) is 33.6. The molecule has 0 atom stereocenters. The van der Waals surface area contributed by atoms with E-state index < -0.39 is 0 Å². The number of hydrogen-bond donors (Lipinski definition) is 0. The van der Waals surface area contributed by atoms with Crippen LogP contribution in [0.25, 0.3) is 43.8 Å². The monoisotopic (exact) mass is 758 g/mol. The molecule has 0 bridgehead atoms. The highest BCUT2D eigenvalue weighted by Gasteiger charge is 2.43. The van der Waals surface area contributed by atoms with Crippen LogP contribution in [0.1, 0.15) is 49.9 Å². The highest BCUT2D eigenvalue weighted by Crippen LogP contribution is 2.62. The highest BCUT2D eigenvalue weighted by molar-refractivity contribution is 6.07. The Morgan fingerprint density at radius 1 is 0.407 bits per heavy atom. The Morgan fingerprint density at radius 2 is 1.03 bits per heavy atom. The van der Waals surface area contributed by atoms with Crippen LogP contribution in [0.15, 0.2) is 182 Å². The molecule has 0 saturated heterocycles. The second kappa shape index (κ2) is 12.2. The lowest BCUT2D eigenvalue weighted by Crippen LogP contribution is -2.33. The van der Waals surface area contributed by atoms with Gasteiger partial charge in [-0.25, -0.2) is 0 Å². The van der Waals surface area contributed by atoms with Crippen LogP contribution >= 0.6 is 0 Å². The van der Waals surface area contributed by atoms with Crippen molar-refractivity contribution in [3.05, 3.63) is 204 Å². The second-order valence-electron chi connectivity index (χ2n) is 17.4. The van der Waals surface area contributed by atoms with Gasteiger partial charge in [-0.05, 0) is 121 Å². The molecule has 0 N–H and O–H groups in total.